The molecule has 0 aliphatic carbocycles. The molecule has 164 valence electrons. The average molecular weight is 543 g/mol. The van der Waals surface area contributed by atoms with Crippen LogP contribution in [0.5, 0.6) is 5.75 Å². The minimum Gasteiger partial charge on any atom is -0.489 e. The van der Waals surface area contributed by atoms with Crippen LogP contribution in [0.4, 0.5) is 0 Å². The molecule has 0 radical (unpaired) electrons. The van der Waals surface area contributed by atoms with Gasteiger partial charge in [-0.1, -0.05) is 54.1 Å². The van der Waals surface area contributed by atoms with E-state index in [0.717, 1.165) is 12.3 Å². The monoisotopic (exact) mass is 543 g/mol. The van der Waals surface area contributed by atoms with Crippen molar-refractivity contribution in [3.05, 3.63) is 123 Å². The topological polar surface area (TPSA) is 14.2 Å². The van der Waals surface area contributed by atoms with E-state index in [1.54, 1.807) is 0 Å². The summed E-state index contributed by atoms with van der Waals surface area (Å²) in [6.45, 7) is 5.81. The van der Waals surface area contributed by atoms with Crippen LogP contribution in [-0.4, -0.2) is 4.57 Å². The van der Waals surface area contributed by atoms with Gasteiger partial charge >= 0.3 is 0 Å². The van der Waals surface area contributed by atoms with E-state index < -0.39 is 0 Å². The predicted molar refractivity (Wildman–Crippen MR) is 146 cm³/mol. The van der Waals surface area contributed by atoms with Crippen LogP contribution < -0.4 is 4.74 Å². The summed E-state index contributed by atoms with van der Waals surface area (Å²) >= 11 is 2.36. The second-order valence-electron chi connectivity index (χ2n) is 8.51. The van der Waals surface area contributed by atoms with Crippen LogP contribution in [0.3, 0.4) is 0 Å². The summed E-state index contributed by atoms with van der Waals surface area (Å²) in [5.41, 5.74) is 8.83. The van der Waals surface area contributed by atoms with Crippen LogP contribution in [0.2, 0.25) is 0 Å². The smallest absolute Gasteiger partial charge is 0.119 e. The summed E-state index contributed by atoms with van der Waals surface area (Å²) in [5, 5.41) is 1.32. The molecule has 3 heteroatoms. The molecule has 1 aromatic heterocycles. The Hall–Kier alpha value is -3.05. The lowest BCUT2D eigenvalue weighted by Crippen LogP contribution is -2.02. The minimum atomic E-state index is 0.575. The zero-order valence-electron chi connectivity index (χ0n) is 18.9. The largest absolute Gasteiger partial charge is 0.489 e. The van der Waals surface area contributed by atoms with Crippen molar-refractivity contribution in [2.24, 2.45) is 0 Å². The summed E-state index contributed by atoms with van der Waals surface area (Å²) < 4.78 is 9.72. The molecule has 0 aliphatic heterocycles. The number of fused-ring (bicyclic) bond motifs is 1. The molecule has 5 rings (SSSR count). The first-order valence-corrected chi connectivity index (χ1v) is 12.3. The number of ether oxygens (including phenoxy) is 1. The molecule has 0 saturated carbocycles. The molecule has 5 aromatic rings. The standard InChI is InChI=1S/C30H26INO/c1-21-8-17-29-28(18-21)22(2)30(32(29)19-23-9-13-26(31)14-10-23)25-11-15-27(16-12-25)33-20-24-6-4-3-5-7-24/h3-18H,19-20H2,1-2H3. The highest BCUT2D eigenvalue weighted by Crippen LogP contribution is 2.35. The maximum Gasteiger partial charge on any atom is 0.119 e. The lowest BCUT2D eigenvalue weighted by molar-refractivity contribution is 0.306. The summed E-state index contributed by atoms with van der Waals surface area (Å²) in [6.07, 6.45) is 0. The number of benzene rings is 4. The predicted octanol–water partition coefficient (Wildman–Crippen LogP) is 8.16. The van der Waals surface area contributed by atoms with Gasteiger partial charge in [0.2, 0.25) is 0 Å². The van der Waals surface area contributed by atoms with Crippen LogP contribution in [0.15, 0.2) is 97.1 Å². The fourth-order valence-corrected chi connectivity index (χ4v) is 4.75. The van der Waals surface area contributed by atoms with Gasteiger partial charge in [0, 0.05) is 21.0 Å². The Kier molecular flexibility index (Phi) is 6.23. The molecular formula is C30H26INO. The summed E-state index contributed by atoms with van der Waals surface area (Å²) in [6, 6.07) is 34.4. The van der Waals surface area contributed by atoms with Gasteiger partial charge in [-0.2, -0.15) is 0 Å². The molecule has 1 heterocycles. The normalized spacial score (nSPS) is 11.1. The molecule has 0 amide bonds. The Morgan fingerprint density at radius 3 is 2.21 bits per heavy atom. The fraction of sp³-hybridized carbons (Fsp3) is 0.133. The summed E-state index contributed by atoms with van der Waals surface area (Å²) in [4.78, 5) is 0. The van der Waals surface area contributed by atoms with E-state index in [1.807, 2.05) is 18.2 Å². The first-order chi connectivity index (χ1) is 16.1. The number of aromatic nitrogens is 1. The Labute approximate surface area is 209 Å². The van der Waals surface area contributed by atoms with Gasteiger partial charge in [-0.3, -0.25) is 0 Å². The highest BCUT2D eigenvalue weighted by atomic mass is 127. The minimum absolute atomic E-state index is 0.575. The van der Waals surface area contributed by atoms with E-state index in [-0.39, 0.29) is 0 Å². The fourth-order valence-electron chi connectivity index (χ4n) is 4.39. The molecule has 0 saturated heterocycles. The Morgan fingerprint density at radius 2 is 1.48 bits per heavy atom. The van der Waals surface area contributed by atoms with Gasteiger partial charge in [-0.25, -0.2) is 0 Å². The molecule has 2 nitrogen and oxygen atoms in total. The number of rotatable bonds is 6. The van der Waals surface area contributed by atoms with E-state index in [9.17, 15) is 0 Å². The van der Waals surface area contributed by atoms with Crippen LogP contribution >= 0.6 is 22.6 Å². The Morgan fingerprint density at radius 1 is 0.758 bits per heavy atom. The number of hydrogen-bond donors (Lipinski definition) is 0. The van der Waals surface area contributed by atoms with Crippen molar-refractivity contribution in [3.8, 4) is 17.0 Å². The molecule has 0 fully saturated rings. The van der Waals surface area contributed by atoms with Gasteiger partial charge in [0.05, 0.1) is 5.69 Å². The van der Waals surface area contributed by atoms with Crippen LogP contribution in [0.25, 0.3) is 22.2 Å². The number of nitrogens with zero attached hydrogens (tertiary/aromatic N) is 1. The van der Waals surface area contributed by atoms with E-state index in [1.165, 1.54) is 48.0 Å². The Balaban J connectivity index is 1.51. The molecule has 0 aliphatic rings. The highest BCUT2D eigenvalue weighted by Gasteiger charge is 2.16. The molecule has 0 N–H and O–H groups in total. The van der Waals surface area contributed by atoms with Gasteiger partial charge in [0.25, 0.3) is 0 Å². The van der Waals surface area contributed by atoms with Crippen LogP contribution in [0.1, 0.15) is 22.3 Å². The van der Waals surface area contributed by atoms with Crippen molar-refractivity contribution in [1.29, 1.82) is 0 Å². The van der Waals surface area contributed by atoms with Gasteiger partial charge < -0.3 is 9.30 Å². The Bertz CT molecular complexity index is 1380. The third kappa shape index (κ3) is 4.69. The van der Waals surface area contributed by atoms with Crippen molar-refractivity contribution in [1.82, 2.24) is 4.57 Å². The third-order valence-corrected chi connectivity index (χ3v) is 6.82. The molecule has 33 heavy (non-hydrogen) atoms. The number of halogens is 1. The second kappa shape index (κ2) is 9.44. The van der Waals surface area contributed by atoms with Gasteiger partial charge in [0.15, 0.2) is 0 Å². The maximum absolute atomic E-state index is 6.02. The summed E-state index contributed by atoms with van der Waals surface area (Å²) in [5.74, 6) is 0.886. The van der Waals surface area contributed by atoms with Gasteiger partial charge in [-0.15, -0.1) is 0 Å². The average Bonchev–Trinajstić information content (AvgIpc) is 3.11. The zero-order chi connectivity index (χ0) is 22.8. The molecule has 0 bridgehead atoms. The van der Waals surface area contributed by atoms with Crippen LogP contribution in [0, 0.1) is 17.4 Å². The lowest BCUT2D eigenvalue weighted by atomic mass is 10.1. The summed E-state index contributed by atoms with van der Waals surface area (Å²) in [7, 11) is 0. The third-order valence-electron chi connectivity index (χ3n) is 6.10. The van der Waals surface area contributed by atoms with Crippen molar-refractivity contribution in [3.63, 3.8) is 0 Å². The van der Waals surface area contributed by atoms with E-state index in [0.29, 0.717) is 6.61 Å². The second-order valence-corrected chi connectivity index (χ2v) is 9.75. The highest BCUT2D eigenvalue weighted by molar-refractivity contribution is 14.1. The maximum atomic E-state index is 6.02. The molecular weight excluding hydrogens is 517 g/mol. The van der Waals surface area contributed by atoms with Crippen molar-refractivity contribution in [2.45, 2.75) is 27.0 Å². The van der Waals surface area contributed by atoms with Crippen molar-refractivity contribution < 1.29 is 4.74 Å². The van der Waals surface area contributed by atoms with Crippen molar-refractivity contribution in [2.75, 3.05) is 0 Å². The molecule has 0 spiro atoms. The van der Waals surface area contributed by atoms with E-state index in [4.69, 9.17) is 4.74 Å². The zero-order valence-corrected chi connectivity index (χ0v) is 21.0. The van der Waals surface area contributed by atoms with Crippen molar-refractivity contribution >= 4 is 33.5 Å². The lowest BCUT2D eigenvalue weighted by Gasteiger charge is -2.13. The van der Waals surface area contributed by atoms with E-state index in [2.05, 4.69) is 120 Å². The number of hydrogen-bond acceptors (Lipinski definition) is 1. The molecule has 0 unspecified atom stereocenters. The van der Waals surface area contributed by atoms with Crippen LogP contribution in [-0.2, 0) is 13.2 Å². The molecule has 4 aromatic carbocycles. The first kappa shape index (κ1) is 21.8. The van der Waals surface area contributed by atoms with Gasteiger partial charge in [-0.05, 0) is 107 Å². The molecule has 0 atom stereocenters. The first-order valence-electron chi connectivity index (χ1n) is 11.2. The SMILES string of the molecule is Cc1ccc2c(c1)c(C)c(-c1ccc(OCc3ccccc3)cc1)n2Cc1ccc(I)cc1. The quantitative estimate of drug-likeness (QED) is 0.197. The van der Waals surface area contributed by atoms with Gasteiger partial charge in [0.1, 0.15) is 12.4 Å². The number of aryl methyl sites for hydroxylation is 2. The van der Waals surface area contributed by atoms with E-state index >= 15 is 0 Å².